The van der Waals surface area contributed by atoms with E-state index in [9.17, 15) is 9.59 Å². The summed E-state index contributed by atoms with van der Waals surface area (Å²) in [6, 6.07) is 10.7. The molecule has 1 aromatic carbocycles. The van der Waals surface area contributed by atoms with Crippen molar-refractivity contribution in [1.29, 1.82) is 0 Å². The minimum atomic E-state index is -0.352. The Morgan fingerprint density at radius 3 is 2.57 bits per heavy atom. The van der Waals surface area contributed by atoms with Crippen molar-refractivity contribution < 1.29 is 14.3 Å². The average molecular weight is 476 g/mol. The number of aromatic nitrogens is 3. The van der Waals surface area contributed by atoms with E-state index in [1.165, 1.54) is 7.11 Å². The van der Waals surface area contributed by atoms with E-state index in [4.69, 9.17) is 4.74 Å². The number of hydrogen-bond donors (Lipinski definition) is 3. The molecule has 3 N–H and O–H groups in total. The number of carbonyl (C=O) groups excluding carboxylic acids is 2. The Hall–Kier alpha value is -4.31. The quantitative estimate of drug-likeness (QED) is 0.408. The maximum Gasteiger partial charge on any atom is 0.316 e. The van der Waals surface area contributed by atoms with Crippen molar-refractivity contribution in [3.63, 3.8) is 0 Å². The Labute approximate surface area is 204 Å². The molecule has 0 bridgehead atoms. The largest absolute Gasteiger partial charge is 0.467 e. The molecular formula is C25H29N7O3. The molecule has 2 aromatic heterocycles. The van der Waals surface area contributed by atoms with Crippen LogP contribution in [-0.4, -0.2) is 59.4 Å². The highest BCUT2D eigenvalue weighted by Crippen LogP contribution is 2.27. The van der Waals surface area contributed by atoms with Crippen molar-refractivity contribution in [3.8, 4) is 6.01 Å². The summed E-state index contributed by atoms with van der Waals surface area (Å²) in [6.45, 7) is 6.39. The zero-order valence-corrected chi connectivity index (χ0v) is 20.3. The summed E-state index contributed by atoms with van der Waals surface area (Å²) in [4.78, 5) is 39.7. The van der Waals surface area contributed by atoms with Gasteiger partial charge in [-0.15, -0.1) is 0 Å². The van der Waals surface area contributed by atoms with Crippen LogP contribution < -0.4 is 20.7 Å². The number of likely N-dealkylation sites (N-methyl/N-ethyl adjacent to an activating group) is 1. The summed E-state index contributed by atoms with van der Waals surface area (Å²) < 4.78 is 5.05. The van der Waals surface area contributed by atoms with Crippen LogP contribution in [0.5, 0.6) is 6.01 Å². The molecule has 35 heavy (non-hydrogen) atoms. The molecule has 3 rings (SSSR count). The molecule has 10 heteroatoms. The van der Waals surface area contributed by atoms with Gasteiger partial charge < -0.3 is 25.6 Å². The second-order valence-corrected chi connectivity index (χ2v) is 8.07. The summed E-state index contributed by atoms with van der Waals surface area (Å²) in [6.07, 6.45) is 3.19. The predicted octanol–water partition coefficient (Wildman–Crippen LogP) is 3.28. The van der Waals surface area contributed by atoms with Gasteiger partial charge in [0.25, 0.3) is 5.91 Å². The van der Waals surface area contributed by atoms with Gasteiger partial charge >= 0.3 is 6.01 Å². The molecule has 10 nitrogen and oxygen atoms in total. The summed E-state index contributed by atoms with van der Waals surface area (Å²) in [5.41, 5.74) is 3.72. The van der Waals surface area contributed by atoms with Gasteiger partial charge in [0.2, 0.25) is 5.91 Å². The molecule has 0 aliphatic rings. The molecule has 0 atom stereocenters. The molecule has 182 valence electrons. The highest BCUT2D eigenvalue weighted by atomic mass is 16.5. The Balaban J connectivity index is 1.77. The van der Waals surface area contributed by atoms with E-state index in [0.29, 0.717) is 35.0 Å². The van der Waals surface area contributed by atoms with Crippen LogP contribution in [-0.2, 0) is 11.3 Å². The van der Waals surface area contributed by atoms with Crippen molar-refractivity contribution in [2.24, 2.45) is 0 Å². The van der Waals surface area contributed by atoms with Crippen molar-refractivity contribution in [2.45, 2.75) is 13.5 Å². The third-order valence-electron chi connectivity index (χ3n) is 4.83. The lowest BCUT2D eigenvalue weighted by atomic mass is 10.1. The summed E-state index contributed by atoms with van der Waals surface area (Å²) in [5.74, 6) is -0.115. The fraction of sp³-hybridized carbons (Fsp3) is 0.240. The van der Waals surface area contributed by atoms with Crippen molar-refractivity contribution in [2.75, 3.05) is 43.7 Å². The third kappa shape index (κ3) is 7.08. The molecule has 0 radical (unpaired) electrons. The van der Waals surface area contributed by atoms with Crippen LogP contribution in [0, 0.1) is 0 Å². The smallest absolute Gasteiger partial charge is 0.316 e. The van der Waals surface area contributed by atoms with Crippen molar-refractivity contribution >= 4 is 34.6 Å². The van der Waals surface area contributed by atoms with Crippen LogP contribution in [0.15, 0.2) is 55.4 Å². The van der Waals surface area contributed by atoms with E-state index in [1.807, 2.05) is 27.1 Å². The first-order valence-corrected chi connectivity index (χ1v) is 10.9. The zero-order chi connectivity index (χ0) is 25.4. The molecule has 0 unspecified atom stereocenters. The molecule has 0 saturated heterocycles. The summed E-state index contributed by atoms with van der Waals surface area (Å²) >= 11 is 0. The van der Waals surface area contributed by atoms with Gasteiger partial charge in [-0.3, -0.25) is 9.59 Å². The third-order valence-corrected chi connectivity index (χ3v) is 4.83. The second-order valence-electron chi connectivity index (χ2n) is 8.07. The maximum atomic E-state index is 13.1. The van der Waals surface area contributed by atoms with Crippen LogP contribution in [0.4, 0.5) is 17.2 Å². The fourth-order valence-corrected chi connectivity index (χ4v) is 3.25. The number of rotatable bonds is 10. The number of anilines is 3. The minimum absolute atomic E-state index is 0.166. The number of nitrogens with one attached hydrogen (secondary N) is 3. The van der Waals surface area contributed by atoms with Gasteiger partial charge in [0.1, 0.15) is 5.82 Å². The summed E-state index contributed by atoms with van der Waals surface area (Å²) in [5, 5.41) is 8.91. The SMILES string of the molecule is C=C(C)c1ccc(NC(=O)c2cccnc2NCc2ccnc(OC)n2)cc1NC(=O)CN(C)C. The van der Waals surface area contributed by atoms with Gasteiger partial charge in [0.15, 0.2) is 0 Å². The first-order valence-electron chi connectivity index (χ1n) is 10.9. The van der Waals surface area contributed by atoms with Crippen LogP contribution >= 0.6 is 0 Å². The number of benzene rings is 1. The first-order chi connectivity index (χ1) is 16.8. The van der Waals surface area contributed by atoms with E-state index in [2.05, 4.69) is 37.5 Å². The molecule has 0 spiro atoms. The number of hydrogen-bond acceptors (Lipinski definition) is 8. The van der Waals surface area contributed by atoms with Gasteiger partial charge in [-0.1, -0.05) is 12.6 Å². The Bertz CT molecular complexity index is 1230. The number of carbonyl (C=O) groups is 2. The molecule has 0 aliphatic carbocycles. The molecule has 2 heterocycles. The molecule has 0 fully saturated rings. The normalized spacial score (nSPS) is 10.5. The number of methoxy groups -OCH3 is 1. The Morgan fingerprint density at radius 1 is 1.06 bits per heavy atom. The van der Waals surface area contributed by atoms with Crippen LogP contribution in [0.2, 0.25) is 0 Å². The topological polar surface area (TPSA) is 121 Å². The van der Waals surface area contributed by atoms with E-state index in [0.717, 1.165) is 11.1 Å². The van der Waals surface area contributed by atoms with E-state index in [1.54, 1.807) is 47.6 Å². The Kier molecular flexibility index (Phi) is 8.47. The molecule has 3 aromatic rings. The lowest BCUT2D eigenvalue weighted by molar-refractivity contribution is -0.116. The van der Waals surface area contributed by atoms with Gasteiger partial charge in [-0.25, -0.2) is 9.97 Å². The fourth-order valence-electron chi connectivity index (χ4n) is 3.25. The molecule has 0 aliphatic heterocycles. The van der Waals surface area contributed by atoms with Gasteiger partial charge in [-0.2, -0.15) is 4.98 Å². The predicted molar refractivity (Wildman–Crippen MR) is 136 cm³/mol. The number of nitrogens with zero attached hydrogens (tertiary/aromatic N) is 4. The first kappa shape index (κ1) is 25.3. The van der Waals surface area contributed by atoms with E-state index in [-0.39, 0.29) is 24.4 Å². The highest BCUT2D eigenvalue weighted by Gasteiger charge is 2.15. The minimum Gasteiger partial charge on any atom is -0.467 e. The second kappa shape index (κ2) is 11.7. The number of amides is 2. The zero-order valence-electron chi connectivity index (χ0n) is 20.3. The van der Waals surface area contributed by atoms with Gasteiger partial charge in [0.05, 0.1) is 37.1 Å². The van der Waals surface area contributed by atoms with E-state index < -0.39 is 0 Å². The number of ether oxygens (including phenoxy) is 1. The van der Waals surface area contributed by atoms with Crippen LogP contribution in [0.1, 0.15) is 28.5 Å². The lowest BCUT2D eigenvalue weighted by Crippen LogP contribution is -2.27. The standard InChI is InChI=1S/C25H29N7O3/c1-16(2)19-9-8-17(13-21(19)31-22(33)15-32(3)4)29-24(34)20-7-6-11-26-23(20)28-14-18-10-12-27-25(30-18)35-5/h6-13H,1,14-15H2,2-5H3,(H,26,28)(H,29,34)(H,31,33). The monoisotopic (exact) mass is 475 g/mol. The number of allylic oxidation sites excluding steroid dienone is 1. The summed E-state index contributed by atoms with van der Waals surface area (Å²) in [7, 11) is 5.13. The van der Waals surface area contributed by atoms with Gasteiger partial charge in [-0.05, 0) is 56.9 Å². The van der Waals surface area contributed by atoms with Crippen molar-refractivity contribution in [3.05, 3.63) is 72.2 Å². The van der Waals surface area contributed by atoms with Crippen molar-refractivity contribution in [1.82, 2.24) is 19.9 Å². The number of pyridine rings is 1. The van der Waals surface area contributed by atoms with E-state index >= 15 is 0 Å². The highest BCUT2D eigenvalue weighted by molar-refractivity contribution is 6.08. The average Bonchev–Trinajstić information content (AvgIpc) is 2.82. The van der Waals surface area contributed by atoms with Gasteiger partial charge in [0, 0.05) is 23.6 Å². The lowest BCUT2D eigenvalue weighted by Gasteiger charge is -2.16. The molecule has 2 amide bonds. The van der Waals surface area contributed by atoms with Crippen LogP contribution in [0.25, 0.3) is 5.57 Å². The Morgan fingerprint density at radius 2 is 1.86 bits per heavy atom. The molecular weight excluding hydrogens is 446 g/mol. The maximum absolute atomic E-state index is 13.1. The molecule has 0 saturated carbocycles. The van der Waals surface area contributed by atoms with Crippen LogP contribution in [0.3, 0.4) is 0 Å².